The van der Waals surface area contributed by atoms with Crippen LogP contribution in [-0.2, 0) is 4.79 Å². The van der Waals surface area contributed by atoms with Crippen LogP contribution < -0.4 is 10.6 Å². The van der Waals surface area contributed by atoms with Crippen LogP contribution in [0.25, 0.3) is 6.08 Å². The van der Waals surface area contributed by atoms with E-state index in [2.05, 4.69) is 15.6 Å². The Balaban J connectivity index is 1.62. The highest BCUT2D eigenvalue weighted by Gasteiger charge is 2.14. The molecule has 2 N–H and O–H groups in total. The predicted molar refractivity (Wildman–Crippen MR) is 115 cm³/mol. The summed E-state index contributed by atoms with van der Waals surface area (Å²) >= 11 is 13.0. The molecule has 0 bridgehead atoms. The fraction of sp³-hybridized carbons (Fsp3) is 0.0500. The third-order valence-corrected chi connectivity index (χ3v) is 5.20. The van der Waals surface area contributed by atoms with Crippen molar-refractivity contribution in [2.75, 3.05) is 10.6 Å². The SMILES string of the molecule is Cc1cccc(Cl)c1NC(=O)c1cnc(NC(=O)/C=C/c2ccc(Cl)cc2)s1. The van der Waals surface area contributed by atoms with Crippen molar-refractivity contribution in [3.05, 3.63) is 80.8 Å². The Bertz CT molecular complexity index is 1030. The summed E-state index contributed by atoms with van der Waals surface area (Å²) in [5, 5.41) is 6.82. The third kappa shape index (κ3) is 5.19. The number of para-hydroxylation sites is 1. The molecule has 3 aromatic rings. The van der Waals surface area contributed by atoms with Gasteiger partial charge in [-0.2, -0.15) is 0 Å². The quantitative estimate of drug-likeness (QED) is 0.511. The van der Waals surface area contributed by atoms with E-state index in [0.717, 1.165) is 22.5 Å². The van der Waals surface area contributed by atoms with Gasteiger partial charge in [0.05, 0.1) is 16.9 Å². The fourth-order valence-electron chi connectivity index (χ4n) is 2.30. The van der Waals surface area contributed by atoms with Crippen molar-refractivity contribution in [1.82, 2.24) is 4.98 Å². The molecule has 0 aliphatic carbocycles. The van der Waals surface area contributed by atoms with Gasteiger partial charge in [0.15, 0.2) is 5.13 Å². The van der Waals surface area contributed by atoms with E-state index in [1.54, 1.807) is 36.4 Å². The zero-order chi connectivity index (χ0) is 20.1. The number of carbonyl (C=O) groups is 2. The van der Waals surface area contributed by atoms with Gasteiger partial charge in [-0.15, -0.1) is 0 Å². The zero-order valence-corrected chi connectivity index (χ0v) is 17.0. The molecule has 0 fully saturated rings. The monoisotopic (exact) mass is 431 g/mol. The number of nitrogens with zero attached hydrogens (tertiary/aromatic N) is 1. The van der Waals surface area contributed by atoms with Gasteiger partial charge in [-0.25, -0.2) is 4.98 Å². The maximum absolute atomic E-state index is 12.4. The zero-order valence-electron chi connectivity index (χ0n) is 14.7. The summed E-state index contributed by atoms with van der Waals surface area (Å²) in [6.45, 7) is 1.85. The van der Waals surface area contributed by atoms with Crippen LogP contribution >= 0.6 is 34.5 Å². The standard InChI is InChI=1S/C20H15Cl2N3O2S/c1-12-3-2-4-15(22)18(12)25-19(27)16-11-23-20(28-16)24-17(26)10-7-13-5-8-14(21)9-6-13/h2-11H,1H3,(H,25,27)(H,23,24,26)/b10-7+. The Morgan fingerprint density at radius 3 is 2.54 bits per heavy atom. The molecule has 0 saturated carbocycles. The van der Waals surface area contributed by atoms with E-state index in [-0.39, 0.29) is 11.8 Å². The van der Waals surface area contributed by atoms with Gasteiger partial charge in [-0.1, -0.05) is 58.8 Å². The van der Waals surface area contributed by atoms with E-state index < -0.39 is 0 Å². The molecule has 0 spiro atoms. The number of amides is 2. The van der Waals surface area contributed by atoms with Crippen LogP contribution in [0.4, 0.5) is 10.8 Å². The molecule has 5 nitrogen and oxygen atoms in total. The smallest absolute Gasteiger partial charge is 0.267 e. The summed E-state index contributed by atoms with van der Waals surface area (Å²) < 4.78 is 0. The molecule has 0 saturated heterocycles. The highest BCUT2D eigenvalue weighted by atomic mass is 35.5. The molecular weight excluding hydrogens is 417 g/mol. The van der Waals surface area contributed by atoms with Gasteiger partial charge < -0.3 is 5.32 Å². The van der Waals surface area contributed by atoms with Crippen molar-refractivity contribution in [1.29, 1.82) is 0 Å². The molecule has 3 rings (SSSR count). The van der Waals surface area contributed by atoms with Crippen molar-refractivity contribution in [2.45, 2.75) is 6.92 Å². The molecule has 0 unspecified atom stereocenters. The fourth-order valence-corrected chi connectivity index (χ4v) is 3.40. The van der Waals surface area contributed by atoms with E-state index >= 15 is 0 Å². The second-order valence-corrected chi connectivity index (χ2v) is 7.66. The van der Waals surface area contributed by atoms with Crippen LogP contribution in [0.5, 0.6) is 0 Å². The highest BCUT2D eigenvalue weighted by Crippen LogP contribution is 2.27. The molecule has 0 aliphatic heterocycles. The molecule has 2 amide bonds. The van der Waals surface area contributed by atoms with E-state index in [1.165, 1.54) is 12.3 Å². The molecule has 142 valence electrons. The Hall–Kier alpha value is -2.67. The van der Waals surface area contributed by atoms with Gasteiger partial charge in [0.2, 0.25) is 5.91 Å². The predicted octanol–water partition coefficient (Wildman–Crippen LogP) is 5.66. The topological polar surface area (TPSA) is 71.1 Å². The van der Waals surface area contributed by atoms with Crippen molar-refractivity contribution in [3.8, 4) is 0 Å². The number of rotatable bonds is 5. The molecule has 0 aliphatic rings. The van der Waals surface area contributed by atoms with Crippen molar-refractivity contribution in [3.63, 3.8) is 0 Å². The first-order valence-electron chi connectivity index (χ1n) is 8.19. The van der Waals surface area contributed by atoms with Crippen LogP contribution in [0.15, 0.2) is 54.7 Å². The molecule has 28 heavy (non-hydrogen) atoms. The minimum absolute atomic E-state index is 0.326. The lowest BCUT2D eigenvalue weighted by Gasteiger charge is -2.08. The van der Waals surface area contributed by atoms with Crippen molar-refractivity contribution in [2.24, 2.45) is 0 Å². The number of halogens is 2. The van der Waals surface area contributed by atoms with Crippen molar-refractivity contribution < 1.29 is 9.59 Å². The number of carbonyl (C=O) groups excluding carboxylic acids is 2. The Morgan fingerprint density at radius 1 is 1.07 bits per heavy atom. The minimum Gasteiger partial charge on any atom is -0.320 e. The Labute approximate surface area is 176 Å². The lowest BCUT2D eigenvalue weighted by molar-refractivity contribution is -0.111. The number of aryl methyl sites for hydroxylation is 1. The second kappa shape index (κ2) is 9.01. The van der Waals surface area contributed by atoms with E-state index in [0.29, 0.717) is 25.7 Å². The highest BCUT2D eigenvalue weighted by molar-refractivity contribution is 7.17. The average molecular weight is 432 g/mol. The van der Waals surface area contributed by atoms with E-state index in [9.17, 15) is 9.59 Å². The average Bonchev–Trinajstić information content (AvgIpc) is 3.13. The first-order chi connectivity index (χ1) is 13.4. The number of aromatic nitrogens is 1. The first kappa shape index (κ1) is 20.1. The largest absolute Gasteiger partial charge is 0.320 e. The van der Waals surface area contributed by atoms with Gasteiger partial charge in [0.1, 0.15) is 4.88 Å². The molecule has 1 heterocycles. The molecule has 8 heteroatoms. The van der Waals surface area contributed by atoms with Gasteiger partial charge in [-0.05, 0) is 42.3 Å². The Kier molecular flexibility index (Phi) is 6.46. The summed E-state index contributed by atoms with van der Waals surface area (Å²) in [5.74, 6) is -0.691. The van der Waals surface area contributed by atoms with Crippen molar-refractivity contribution >= 4 is 63.2 Å². The number of thiazole rings is 1. The molecule has 1 aromatic heterocycles. The summed E-state index contributed by atoms with van der Waals surface area (Å²) in [5.41, 5.74) is 2.25. The van der Waals surface area contributed by atoms with Crippen LogP contribution in [-0.4, -0.2) is 16.8 Å². The number of hydrogen-bond donors (Lipinski definition) is 2. The number of nitrogens with one attached hydrogen (secondary N) is 2. The first-order valence-corrected chi connectivity index (χ1v) is 9.76. The summed E-state index contributed by atoms with van der Waals surface area (Å²) in [6.07, 6.45) is 4.45. The normalized spacial score (nSPS) is 10.8. The van der Waals surface area contributed by atoms with Crippen LogP contribution in [0.2, 0.25) is 10.0 Å². The number of hydrogen-bond acceptors (Lipinski definition) is 4. The summed E-state index contributed by atoms with van der Waals surface area (Å²) in [6, 6.07) is 12.5. The van der Waals surface area contributed by atoms with Gasteiger partial charge >= 0.3 is 0 Å². The molecule has 0 atom stereocenters. The second-order valence-electron chi connectivity index (χ2n) is 5.79. The van der Waals surface area contributed by atoms with Crippen LogP contribution in [0.1, 0.15) is 20.8 Å². The maximum Gasteiger partial charge on any atom is 0.267 e. The Morgan fingerprint density at radius 2 is 1.82 bits per heavy atom. The molecular formula is C20H15Cl2N3O2S. The van der Waals surface area contributed by atoms with E-state index in [4.69, 9.17) is 23.2 Å². The lowest BCUT2D eigenvalue weighted by Crippen LogP contribution is -2.11. The maximum atomic E-state index is 12.4. The van der Waals surface area contributed by atoms with Crippen LogP contribution in [0, 0.1) is 6.92 Å². The van der Waals surface area contributed by atoms with Gasteiger partial charge in [0.25, 0.3) is 5.91 Å². The molecule has 0 radical (unpaired) electrons. The van der Waals surface area contributed by atoms with Gasteiger partial charge in [0, 0.05) is 11.1 Å². The van der Waals surface area contributed by atoms with Crippen LogP contribution in [0.3, 0.4) is 0 Å². The summed E-state index contributed by atoms with van der Waals surface area (Å²) in [4.78, 5) is 28.9. The molecule has 2 aromatic carbocycles. The summed E-state index contributed by atoms with van der Waals surface area (Å²) in [7, 11) is 0. The minimum atomic E-state index is -0.349. The third-order valence-electron chi connectivity index (χ3n) is 3.72. The number of anilines is 2. The lowest BCUT2D eigenvalue weighted by atomic mass is 10.2. The van der Waals surface area contributed by atoms with E-state index in [1.807, 2.05) is 19.1 Å². The number of benzene rings is 2. The van der Waals surface area contributed by atoms with Gasteiger partial charge in [-0.3, -0.25) is 14.9 Å².